The Kier molecular flexibility index (Phi) is 4.01. The van der Waals surface area contributed by atoms with Crippen LogP contribution in [-0.4, -0.2) is 39.3 Å². The summed E-state index contributed by atoms with van der Waals surface area (Å²) in [7, 11) is 0. The van der Waals surface area contributed by atoms with Crippen LogP contribution in [0.4, 0.5) is 4.39 Å². The minimum Gasteiger partial charge on any atom is -0.347 e. The Bertz CT molecular complexity index is 1020. The Hall–Kier alpha value is -3.40. The Morgan fingerprint density at radius 3 is 2.92 bits per heavy atom. The van der Waals surface area contributed by atoms with Crippen LogP contribution in [0.2, 0.25) is 0 Å². The van der Waals surface area contributed by atoms with E-state index in [1.54, 1.807) is 17.2 Å². The number of nitrogens with zero attached hydrogens (tertiary/aromatic N) is 4. The first kappa shape index (κ1) is 16.1. The van der Waals surface area contributed by atoms with Crippen LogP contribution in [0.3, 0.4) is 0 Å². The number of hydrogen-bond acceptors (Lipinski definition) is 4. The molecule has 1 saturated heterocycles. The molecule has 3 aromatic rings. The summed E-state index contributed by atoms with van der Waals surface area (Å²) in [5, 5.41) is 11.7. The summed E-state index contributed by atoms with van der Waals surface area (Å²) in [6.07, 6.45) is 8.13. The lowest BCUT2D eigenvalue weighted by molar-refractivity contribution is 0.0935. The van der Waals surface area contributed by atoms with Crippen LogP contribution >= 0.6 is 0 Å². The standard InChI is InChI=1S/C19H16FN5O/c20-17-9-13(14-2-4-18-22-6-8-25(18)10-14)1-3-16(17)19(26)23-15-5-7-24(11-15)12-21/h1-4,6,8-10,15H,5,7,11H2,(H,23,26)/t15-/m1/s1. The van der Waals surface area contributed by atoms with Gasteiger partial charge in [-0.3, -0.25) is 4.79 Å². The topological polar surface area (TPSA) is 73.4 Å². The van der Waals surface area contributed by atoms with E-state index in [-0.39, 0.29) is 11.6 Å². The number of nitrogens with one attached hydrogen (secondary N) is 1. The number of likely N-dealkylation sites (tertiary alicyclic amines) is 1. The Labute approximate surface area is 149 Å². The molecule has 4 rings (SSSR count). The SMILES string of the molecule is N#CN1CC[C@@H](NC(=O)c2ccc(-c3ccc4nccn4c3)cc2F)C1. The van der Waals surface area contributed by atoms with Gasteiger partial charge in [0.05, 0.1) is 5.56 Å². The first-order valence-electron chi connectivity index (χ1n) is 8.32. The molecule has 2 aromatic heterocycles. The molecular formula is C19H16FN5O. The number of pyridine rings is 1. The van der Waals surface area contributed by atoms with E-state index < -0.39 is 11.7 Å². The van der Waals surface area contributed by atoms with E-state index in [0.29, 0.717) is 25.1 Å². The average molecular weight is 349 g/mol. The van der Waals surface area contributed by atoms with Gasteiger partial charge < -0.3 is 14.6 Å². The first-order valence-corrected chi connectivity index (χ1v) is 8.32. The quantitative estimate of drug-likeness (QED) is 0.737. The summed E-state index contributed by atoms with van der Waals surface area (Å²) in [4.78, 5) is 18.1. The molecule has 1 atom stereocenters. The molecule has 0 unspecified atom stereocenters. The number of halogens is 1. The van der Waals surface area contributed by atoms with Crippen molar-refractivity contribution in [1.29, 1.82) is 5.26 Å². The molecule has 1 amide bonds. The lowest BCUT2D eigenvalue weighted by Crippen LogP contribution is -2.36. The first-order chi connectivity index (χ1) is 12.6. The third kappa shape index (κ3) is 2.97. The van der Waals surface area contributed by atoms with E-state index in [9.17, 15) is 9.18 Å². The third-order valence-corrected chi connectivity index (χ3v) is 4.60. The van der Waals surface area contributed by atoms with Gasteiger partial charge in [0.2, 0.25) is 0 Å². The van der Waals surface area contributed by atoms with Crippen molar-refractivity contribution in [3.8, 4) is 17.3 Å². The predicted octanol–water partition coefficient (Wildman–Crippen LogP) is 2.43. The number of benzene rings is 1. The van der Waals surface area contributed by atoms with Gasteiger partial charge in [-0.2, -0.15) is 5.26 Å². The Morgan fingerprint density at radius 2 is 2.15 bits per heavy atom. The van der Waals surface area contributed by atoms with Gasteiger partial charge in [0.25, 0.3) is 5.91 Å². The van der Waals surface area contributed by atoms with Crippen molar-refractivity contribution in [2.75, 3.05) is 13.1 Å². The smallest absolute Gasteiger partial charge is 0.254 e. The summed E-state index contributed by atoms with van der Waals surface area (Å²) in [5.74, 6) is -1.02. The zero-order chi connectivity index (χ0) is 18.1. The lowest BCUT2D eigenvalue weighted by atomic mass is 10.0. The number of amides is 1. The van der Waals surface area contributed by atoms with Gasteiger partial charge >= 0.3 is 0 Å². The number of nitriles is 1. The van der Waals surface area contributed by atoms with Crippen LogP contribution in [0.25, 0.3) is 16.8 Å². The van der Waals surface area contributed by atoms with Gasteiger partial charge in [0, 0.05) is 37.7 Å². The summed E-state index contributed by atoms with van der Waals surface area (Å²) in [6, 6.07) is 8.18. The number of hydrogen-bond donors (Lipinski definition) is 1. The summed E-state index contributed by atoms with van der Waals surface area (Å²) < 4.78 is 16.4. The van der Waals surface area contributed by atoms with Gasteiger partial charge in [0.15, 0.2) is 6.19 Å². The van der Waals surface area contributed by atoms with Gasteiger partial charge in [0.1, 0.15) is 11.5 Å². The molecule has 7 heteroatoms. The van der Waals surface area contributed by atoms with Crippen LogP contribution in [0.1, 0.15) is 16.8 Å². The number of rotatable bonds is 3. The van der Waals surface area contributed by atoms with Crippen LogP contribution in [0.5, 0.6) is 0 Å². The van der Waals surface area contributed by atoms with Crippen LogP contribution in [0, 0.1) is 17.3 Å². The molecule has 1 aromatic carbocycles. The van der Waals surface area contributed by atoms with E-state index in [1.165, 1.54) is 12.1 Å². The number of aromatic nitrogens is 2. The van der Waals surface area contributed by atoms with Crippen molar-refractivity contribution in [3.05, 3.63) is 60.3 Å². The molecule has 0 aliphatic carbocycles. The fourth-order valence-electron chi connectivity index (χ4n) is 3.20. The van der Waals surface area contributed by atoms with Crippen molar-refractivity contribution < 1.29 is 9.18 Å². The predicted molar refractivity (Wildman–Crippen MR) is 93.6 cm³/mol. The Morgan fingerprint density at radius 1 is 1.31 bits per heavy atom. The van der Waals surface area contributed by atoms with Gasteiger partial charge in [-0.15, -0.1) is 0 Å². The minimum atomic E-state index is -0.569. The number of fused-ring (bicyclic) bond motifs is 1. The van der Waals surface area contributed by atoms with E-state index in [1.807, 2.05) is 28.9 Å². The van der Waals surface area contributed by atoms with Gasteiger partial charge in [-0.05, 0) is 41.8 Å². The highest BCUT2D eigenvalue weighted by molar-refractivity contribution is 5.95. The second kappa shape index (κ2) is 6.48. The maximum absolute atomic E-state index is 14.5. The number of carbonyl (C=O) groups is 1. The van der Waals surface area contributed by atoms with Crippen molar-refractivity contribution in [2.45, 2.75) is 12.5 Å². The highest BCUT2D eigenvalue weighted by atomic mass is 19.1. The maximum Gasteiger partial charge on any atom is 0.254 e. The summed E-state index contributed by atoms with van der Waals surface area (Å²) in [5.41, 5.74) is 2.34. The molecule has 6 nitrogen and oxygen atoms in total. The van der Waals surface area contributed by atoms with Crippen molar-refractivity contribution in [2.24, 2.45) is 0 Å². The summed E-state index contributed by atoms with van der Waals surface area (Å²) >= 11 is 0. The summed E-state index contributed by atoms with van der Waals surface area (Å²) in [6.45, 7) is 1.08. The average Bonchev–Trinajstić information content (AvgIpc) is 3.29. The fourth-order valence-corrected chi connectivity index (χ4v) is 3.20. The van der Waals surface area contributed by atoms with Gasteiger partial charge in [-0.25, -0.2) is 9.37 Å². The molecule has 0 spiro atoms. The third-order valence-electron chi connectivity index (χ3n) is 4.60. The largest absolute Gasteiger partial charge is 0.347 e. The number of carbonyl (C=O) groups excluding carboxylic acids is 1. The van der Waals surface area contributed by atoms with Crippen molar-refractivity contribution in [1.82, 2.24) is 19.6 Å². The van der Waals surface area contributed by atoms with Crippen LogP contribution in [0.15, 0.2) is 48.9 Å². The molecule has 3 heterocycles. The van der Waals surface area contributed by atoms with E-state index in [2.05, 4.69) is 16.5 Å². The highest BCUT2D eigenvalue weighted by Crippen LogP contribution is 2.23. The molecule has 0 bridgehead atoms. The Balaban J connectivity index is 1.54. The molecule has 0 radical (unpaired) electrons. The molecule has 130 valence electrons. The molecule has 26 heavy (non-hydrogen) atoms. The molecular weight excluding hydrogens is 333 g/mol. The molecule has 1 N–H and O–H groups in total. The second-order valence-corrected chi connectivity index (χ2v) is 6.31. The monoisotopic (exact) mass is 349 g/mol. The second-order valence-electron chi connectivity index (χ2n) is 6.31. The van der Waals surface area contributed by atoms with E-state index in [4.69, 9.17) is 5.26 Å². The molecule has 1 aliphatic rings. The lowest BCUT2D eigenvalue weighted by Gasteiger charge is -2.13. The number of imidazole rings is 1. The van der Waals surface area contributed by atoms with Crippen LogP contribution < -0.4 is 5.32 Å². The van der Waals surface area contributed by atoms with E-state index in [0.717, 1.165) is 11.2 Å². The molecule has 1 fully saturated rings. The normalized spacial score (nSPS) is 16.6. The zero-order valence-corrected chi connectivity index (χ0v) is 13.9. The maximum atomic E-state index is 14.5. The zero-order valence-electron chi connectivity index (χ0n) is 13.9. The van der Waals surface area contributed by atoms with Gasteiger partial charge in [-0.1, -0.05) is 6.07 Å². The fraction of sp³-hybridized carbons (Fsp3) is 0.211. The highest BCUT2D eigenvalue weighted by Gasteiger charge is 2.24. The molecule has 1 aliphatic heterocycles. The minimum absolute atomic E-state index is 0.00728. The molecule has 0 saturated carbocycles. The van der Waals surface area contributed by atoms with E-state index >= 15 is 0 Å². The van der Waals surface area contributed by atoms with Crippen LogP contribution in [-0.2, 0) is 0 Å². The van der Waals surface area contributed by atoms with Crippen molar-refractivity contribution >= 4 is 11.6 Å². The van der Waals surface area contributed by atoms with Crippen molar-refractivity contribution in [3.63, 3.8) is 0 Å².